The summed E-state index contributed by atoms with van der Waals surface area (Å²) in [5.74, 6) is 0.953. The minimum absolute atomic E-state index is 0.259. The number of carbonyl (C=O) groups excluding carboxylic acids is 1. The fourth-order valence-electron chi connectivity index (χ4n) is 3.22. The van der Waals surface area contributed by atoms with Gasteiger partial charge in [0.1, 0.15) is 17.3 Å². The highest BCUT2D eigenvalue weighted by Gasteiger charge is 2.19. The van der Waals surface area contributed by atoms with Gasteiger partial charge < -0.3 is 10.1 Å². The molecule has 2 heterocycles. The lowest BCUT2D eigenvalue weighted by atomic mass is 10.1. The highest BCUT2D eigenvalue weighted by Crippen LogP contribution is 2.26. The average Bonchev–Trinajstić information content (AvgIpc) is 3.18. The third-order valence-corrected chi connectivity index (χ3v) is 4.67. The molecule has 4 aromatic rings. The van der Waals surface area contributed by atoms with Crippen molar-refractivity contribution >= 4 is 11.7 Å². The molecule has 150 valence electrons. The Labute approximate surface area is 175 Å². The second kappa shape index (κ2) is 8.61. The first kappa shape index (κ1) is 19.4. The van der Waals surface area contributed by atoms with Gasteiger partial charge in [0.05, 0.1) is 19.2 Å². The van der Waals surface area contributed by atoms with Crippen LogP contribution >= 0.6 is 0 Å². The summed E-state index contributed by atoms with van der Waals surface area (Å²) in [5, 5.41) is 7.59. The Balaban J connectivity index is 1.71. The zero-order valence-corrected chi connectivity index (χ0v) is 16.9. The van der Waals surface area contributed by atoms with Gasteiger partial charge in [-0.25, -0.2) is 4.98 Å². The van der Waals surface area contributed by atoms with Gasteiger partial charge in [-0.05, 0) is 36.8 Å². The van der Waals surface area contributed by atoms with Crippen LogP contribution in [0.2, 0.25) is 0 Å². The fourth-order valence-corrected chi connectivity index (χ4v) is 3.22. The standard InChI is InChI=1S/C24H22N4O2/c1-17-8-6-13-22(25-17)26-24(29)21-16-28(15-18-9-4-3-5-10-18)27-23(21)19-11-7-12-20(14-19)30-2/h3-14,16H,15H2,1-2H3,(H,25,26,29). The summed E-state index contributed by atoms with van der Waals surface area (Å²) in [4.78, 5) is 17.5. The molecule has 0 aliphatic carbocycles. The summed E-state index contributed by atoms with van der Waals surface area (Å²) in [5.41, 5.74) is 3.81. The normalized spacial score (nSPS) is 10.6. The Morgan fingerprint density at radius 3 is 2.60 bits per heavy atom. The molecule has 0 unspecified atom stereocenters. The van der Waals surface area contributed by atoms with Crippen molar-refractivity contribution in [3.63, 3.8) is 0 Å². The van der Waals surface area contributed by atoms with Gasteiger partial charge in [0, 0.05) is 17.5 Å². The van der Waals surface area contributed by atoms with Crippen molar-refractivity contribution in [3.8, 4) is 17.0 Å². The summed E-state index contributed by atoms with van der Waals surface area (Å²) in [6, 6.07) is 23.1. The number of anilines is 1. The van der Waals surface area contributed by atoms with Gasteiger partial charge in [-0.3, -0.25) is 9.48 Å². The van der Waals surface area contributed by atoms with Crippen molar-refractivity contribution in [3.05, 3.63) is 95.8 Å². The number of pyridine rings is 1. The predicted molar refractivity (Wildman–Crippen MR) is 117 cm³/mol. The summed E-state index contributed by atoms with van der Waals surface area (Å²) in [7, 11) is 1.62. The molecule has 0 saturated carbocycles. The number of amides is 1. The van der Waals surface area contributed by atoms with E-state index < -0.39 is 0 Å². The summed E-state index contributed by atoms with van der Waals surface area (Å²) < 4.78 is 7.12. The van der Waals surface area contributed by atoms with E-state index in [1.54, 1.807) is 24.1 Å². The largest absolute Gasteiger partial charge is 0.497 e. The van der Waals surface area contributed by atoms with Crippen molar-refractivity contribution in [2.45, 2.75) is 13.5 Å². The number of aryl methyl sites for hydroxylation is 1. The lowest BCUT2D eigenvalue weighted by molar-refractivity contribution is 0.102. The third-order valence-electron chi connectivity index (χ3n) is 4.67. The maximum absolute atomic E-state index is 13.1. The van der Waals surface area contributed by atoms with E-state index in [2.05, 4.69) is 10.3 Å². The van der Waals surface area contributed by atoms with Crippen LogP contribution in [0, 0.1) is 6.92 Å². The molecule has 0 bridgehead atoms. The molecule has 2 aromatic heterocycles. The van der Waals surface area contributed by atoms with Gasteiger partial charge in [0.15, 0.2) is 0 Å². The Morgan fingerprint density at radius 2 is 1.83 bits per heavy atom. The van der Waals surface area contributed by atoms with Crippen LogP contribution in [0.4, 0.5) is 5.82 Å². The number of nitrogens with zero attached hydrogens (tertiary/aromatic N) is 3. The topological polar surface area (TPSA) is 69.0 Å². The molecule has 0 aliphatic heterocycles. The number of benzene rings is 2. The van der Waals surface area contributed by atoms with Crippen LogP contribution in [0.5, 0.6) is 5.75 Å². The maximum atomic E-state index is 13.1. The number of nitrogens with one attached hydrogen (secondary N) is 1. The summed E-state index contributed by atoms with van der Waals surface area (Å²) in [6.45, 7) is 2.45. The van der Waals surface area contributed by atoms with Crippen molar-refractivity contribution in [1.82, 2.24) is 14.8 Å². The highest BCUT2D eigenvalue weighted by atomic mass is 16.5. The van der Waals surface area contributed by atoms with Crippen LogP contribution in [0.25, 0.3) is 11.3 Å². The van der Waals surface area contributed by atoms with Crippen LogP contribution < -0.4 is 10.1 Å². The minimum atomic E-state index is -0.259. The zero-order chi connectivity index (χ0) is 20.9. The lowest BCUT2D eigenvalue weighted by Gasteiger charge is -2.06. The van der Waals surface area contributed by atoms with Gasteiger partial charge in [0.25, 0.3) is 5.91 Å². The minimum Gasteiger partial charge on any atom is -0.497 e. The molecule has 6 heteroatoms. The van der Waals surface area contributed by atoms with Crippen molar-refractivity contribution in [1.29, 1.82) is 0 Å². The Kier molecular flexibility index (Phi) is 5.57. The number of methoxy groups -OCH3 is 1. The lowest BCUT2D eigenvalue weighted by Crippen LogP contribution is -2.13. The first-order valence-electron chi connectivity index (χ1n) is 9.63. The molecule has 0 atom stereocenters. The van der Waals surface area contributed by atoms with Crippen LogP contribution in [-0.2, 0) is 6.54 Å². The molecule has 0 aliphatic rings. The molecule has 1 amide bonds. The molecule has 1 N–H and O–H groups in total. The number of ether oxygens (including phenoxy) is 1. The predicted octanol–water partition coefficient (Wildman–Crippen LogP) is 4.56. The number of aromatic nitrogens is 3. The van der Waals surface area contributed by atoms with Gasteiger partial charge in [0.2, 0.25) is 0 Å². The Hall–Kier alpha value is -3.93. The quantitative estimate of drug-likeness (QED) is 0.517. The monoisotopic (exact) mass is 398 g/mol. The summed E-state index contributed by atoms with van der Waals surface area (Å²) in [6.07, 6.45) is 1.77. The Morgan fingerprint density at radius 1 is 1.03 bits per heavy atom. The Bertz CT molecular complexity index is 1170. The molecule has 6 nitrogen and oxygen atoms in total. The van der Waals surface area contributed by atoms with E-state index in [0.717, 1.165) is 16.8 Å². The molecule has 0 spiro atoms. The average molecular weight is 398 g/mol. The molecule has 2 aromatic carbocycles. The van der Waals surface area contributed by atoms with E-state index in [1.165, 1.54) is 0 Å². The van der Waals surface area contributed by atoms with Crippen molar-refractivity contribution in [2.75, 3.05) is 12.4 Å². The van der Waals surface area contributed by atoms with E-state index in [9.17, 15) is 4.79 Å². The van der Waals surface area contributed by atoms with Crippen LogP contribution in [0.1, 0.15) is 21.6 Å². The van der Waals surface area contributed by atoms with Gasteiger partial charge >= 0.3 is 0 Å². The van der Waals surface area contributed by atoms with E-state index >= 15 is 0 Å². The van der Waals surface area contributed by atoms with Crippen molar-refractivity contribution < 1.29 is 9.53 Å². The molecular formula is C24H22N4O2. The number of carbonyl (C=O) groups is 1. The molecule has 30 heavy (non-hydrogen) atoms. The number of rotatable bonds is 6. The highest BCUT2D eigenvalue weighted by molar-refractivity contribution is 6.07. The third kappa shape index (κ3) is 4.38. The first-order chi connectivity index (χ1) is 14.6. The van der Waals surface area contributed by atoms with Crippen molar-refractivity contribution in [2.24, 2.45) is 0 Å². The van der Waals surface area contributed by atoms with E-state index in [-0.39, 0.29) is 5.91 Å². The van der Waals surface area contributed by atoms with E-state index in [0.29, 0.717) is 29.4 Å². The van der Waals surface area contributed by atoms with E-state index in [1.807, 2.05) is 73.7 Å². The molecule has 0 radical (unpaired) electrons. The summed E-state index contributed by atoms with van der Waals surface area (Å²) >= 11 is 0. The number of hydrogen-bond donors (Lipinski definition) is 1. The molecular weight excluding hydrogens is 376 g/mol. The van der Waals surface area contributed by atoms with Crippen LogP contribution in [0.15, 0.2) is 79.0 Å². The maximum Gasteiger partial charge on any atom is 0.260 e. The molecule has 0 saturated heterocycles. The SMILES string of the molecule is COc1cccc(-c2nn(Cc3ccccc3)cc2C(=O)Nc2cccc(C)n2)c1. The van der Waals surface area contributed by atoms with E-state index in [4.69, 9.17) is 9.84 Å². The van der Waals surface area contributed by atoms with Crippen LogP contribution in [-0.4, -0.2) is 27.8 Å². The van der Waals surface area contributed by atoms with Crippen LogP contribution in [0.3, 0.4) is 0 Å². The van der Waals surface area contributed by atoms with Gasteiger partial charge in [-0.15, -0.1) is 0 Å². The molecule has 4 rings (SSSR count). The van der Waals surface area contributed by atoms with Gasteiger partial charge in [-0.1, -0.05) is 48.5 Å². The number of hydrogen-bond acceptors (Lipinski definition) is 4. The smallest absolute Gasteiger partial charge is 0.260 e. The first-order valence-corrected chi connectivity index (χ1v) is 9.63. The second-order valence-electron chi connectivity index (χ2n) is 6.92. The fraction of sp³-hybridized carbons (Fsp3) is 0.125. The second-order valence-corrected chi connectivity index (χ2v) is 6.92. The molecule has 0 fully saturated rings. The zero-order valence-electron chi connectivity index (χ0n) is 16.9. The van der Waals surface area contributed by atoms with Gasteiger partial charge in [-0.2, -0.15) is 5.10 Å².